The van der Waals surface area contributed by atoms with Gasteiger partial charge in [-0.15, -0.1) is 0 Å². The number of hydrogen-bond acceptors (Lipinski definition) is 7. The molecule has 6 nitrogen and oxygen atoms in total. The van der Waals surface area contributed by atoms with Gasteiger partial charge in [-0.25, -0.2) is 9.79 Å². The average molecular weight is 550 g/mol. The van der Waals surface area contributed by atoms with Crippen LogP contribution in [-0.2, 0) is 16.1 Å². The van der Waals surface area contributed by atoms with Gasteiger partial charge in [-0.3, -0.25) is 0 Å². The lowest BCUT2D eigenvalue weighted by Crippen LogP contribution is -2.34. The van der Waals surface area contributed by atoms with Crippen LogP contribution in [0.4, 0.5) is 0 Å². The van der Waals surface area contributed by atoms with Gasteiger partial charge in [0.1, 0.15) is 6.61 Å². The van der Waals surface area contributed by atoms with Gasteiger partial charge < -0.3 is 19.1 Å². The molecule has 2 aliphatic heterocycles. The standard InChI is InChI=1S/C24H22BrClN2O4S/c1-4-31-23(29)21-14(2)27-24-28(9-10-33-24)22(21)17-11-19(30-3)20(12-18(17)25)32-13-15-5-7-16(26)8-6-15/h5-12,22H,4,13H2,1-3H3/t22-/m0/s1. The Balaban J connectivity index is 1.71. The van der Waals surface area contributed by atoms with Gasteiger partial charge in [0, 0.05) is 15.7 Å². The van der Waals surface area contributed by atoms with Crippen molar-refractivity contribution in [3.8, 4) is 11.5 Å². The first-order valence-electron chi connectivity index (χ1n) is 10.3. The van der Waals surface area contributed by atoms with Crippen molar-refractivity contribution in [3.05, 3.63) is 79.9 Å². The molecule has 0 saturated carbocycles. The summed E-state index contributed by atoms with van der Waals surface area (Å²) in [7, 11) is 1.59. The van der Waals surface area contributed by atoms with Crippen LogP contribution < -0.4 is 9.47 Å². The van der Waals surface area contributed by atoms with Gasteiger partial charge in [-0.2, -0.15) is 0 Å². The number of carbonyl (C=O) groups excluding carboxylic acids is 1. The summed E-state index contributed by atoms with van der Waals surface area (Å²) >= 11 is 11.2. The second kappa shape index (κ2) is 10.2. The van der Waals surface area contributed by atoms with Gasteiger partial charge >= 0.3 is 5.97 Å². The highest BCUT2D eigenvalue weighted by Gasteiger charge is 2.38. The second-order valence-electron chi connectivity index (χ2n) is 7.27. The van der Waals surface area contributed by atoms with Crippen LogP contribution in [-0.4, -0.2) is 29.8 Å². The topological polar surface area (TPSA) is 60.4 Å². The van der Waals surface area contributed by atoms with E-state index in [0.717, 1.165) is 20.8 Å². The van der Waals surface area contributed by atoms with Gasteiger partial charge in [-0.1, -0.05) is 51.4 Å². The highest BCUT2D eigenvalue weighted by atomic mass is 79.9. The van der Waals surface area contributed by atoms with E-state index in [2.05, 4.69) is 20.9 Å². The Bertz CT molecular complexity index is 1160. The molecule has 0 saturated heterocycles. The summed E-state index contributed by atoms with van der Waals surface area (Å²) in [5, 5.41) is 3.43. The van der Waals surface area contributed by atoms with Gasteiger partial charge in [0.2, 0.25) is 0 Å². The Hall–Kier alpha value is -2.42. The molecule has 33 heavy (non-hydrogen) atoms. The van der Waals surface area contributed by atoms with E-state index >= 15 is 0 Å². The van der Waals surface area contributed by atoms with Gasteiger partial charge in [0.05, 0.1) is 31.0 Å². The molecule has 0 aliphatic carbocycles. The number of amidine groups is 1. The number of benzene rings is 2. The molecule has 9 heteroatoms. The minimum absolute atomic E-state index is 0.283. The molecule has 172 valence electrons. The molecule has 0 fully saturated rings. The summed E-state index contributed by atoms with van der Waals surface area (Å²) in [6, 6.07) is 10.8. The number of halogens is 2. The van der Waals surface area contributed by atoms with Crippen LogP contribution in [0.15, 0.2) is 68.7 Å². The highest BCUT2D eigenvalue weighted by molar-refractivity contribution is 9.10. The van der Waals surface area contributed by atoms with Crippen LogP contribution in [0.25, 0.3) is 0 Å². The summed E-state index contributed by atoms with van der Waals surface area (Å²) in [5.41, 5.74) is 2.95. The first-order chi connectivity index (χ1) is 15.9. The fourth-order valence-electron chi connectivity index (χ4n) is 3.65. The monoisotopic (exact) mass is 548 g/mol. The molecule has 0 spiro atoms. The van der Waals surface area contributed by atoms with Crippen molar-refractivity contribution in [2.45, 2.75) is 26.5 Å². The van der Waals surface area contributed by atoms with E-state index < -0.39 is 6.04 Å². The lowest BCUT2D eigenvalue weighted by Gasteiger charge is -2.34. The van der Waals surface area contributed by atoms with Crippen LogP contribution in [0.3, 0.4) is 0 Å². The Morgan fingerprint density at radius 2 is 2.00 bits per heavy atom. The van der Waals surface area contributed by atoms with E-state index in [9.17, 15) is 4.79 Å². The maximum Gasteiger partial charge on any atom is 0.338 e. The average Bonchev–Trinajstić information content (AvgIpc) is 3.26. The van der Waals surface area contributed by atoms with Crippen molar-refractivity contribution in [3.63, 3.8) is 0 Å². The molecule has 1 atom stereocenters. The molecule has 0 unspecified atom stereocenters. The lowest BCUT2D eigenvalue weighted by atomic mass is 9.94. The number of thioether (sulfide) groups is 1. The molecule has 0 radical (unpaired) electrons. The number of nitrogens with zero attached hydrogens (tertiary/aromatic N) is 2. The number of esters is 1. The van der Waals surface area contributed by atoms with E-state index in [-0.39, 0.29) is 12.6 Å². The van der Waals surface area contributed by atoms with Crippen LogP contribution >= 0.6 is 39.3 Å². The van der Waals surface area contributed by atoms with Crippen molar-refractivity contribution in [2.24, 2.45) is 4.99 Å². The lowest BCUT2D eigenvalue weighted by molar-refractivity contribution is -0.139. The predicted molar refractivity (Wildman–Crippen MR) is 135 cm³/mol. The summed E-state index contributed by atoms with van der Waals surface area (Å²) in [6.45, 7) is 4.26. The molecule has 2 aromatic carbocycles. The molecule has 2 aliphatic rings. The summed E-state index contributed by atoms with van der Waals surface area (Å²) in [4.78, 5) is 19.5. The number of rotatable bonds is 7. The molecular weight excluding hydrogens is 528 g/mol. The number of fused-ring (bicyclic) bond motifs is 1. The fraction of sp³-hybridized carbons (Fsp3) is 0.250. The van der Waals surface area contributed by atoms with Gasteiger partial charge in [0.25, 0.3) is 0 Å². The molecule has 0 bridgehead atoms. The summed E-state index contributed by atoms with van der Waals surface area (Å²) in [6.07, 6.45) is 1.92. The Kier molecular flexibility index (Phi) is 7.36. The number of hydrogen-bond donors (Lipinski definition) is 0. The molecular formula is C24H22BrClN2O4S. The minimum Gasteiger partial charge on any atom is -0.493 e. The van der Waals surface area contributed by atoms with Crippen LogP contribution in [0, 0.1) is 0 Å². The van der Waals surface area contributed by atoms with E-state index in [4.69, 9.17) is 25.8 Å². The molecule has 0 amide bonds. The summed E-state index contributed by atoms with van der Waals surface area (Å²) in [5.74, 6) is 0.752. The molecule has 0 aromatic heterocycles. The van der Waals surface area contributed by atoms with Gasteiger partial charge in [-0.05, 0) is 54.6 Å². The van der Waals surface area contributed by atoms with E-state index in [1.807, 2.05) is 59.8 Å². The Morgan fingerprint density at radius 3 is 2.70 bits per heavy atom. The van der Waals surface area contributed by atoms with Crippen LogP contribution in [0.2, 0.25) is 5.02 Å². The van der Waals surface area contributed by atoms with Crippen molar-refractivity contribution in [1.82, 2.24) is 4.90 Å². The number of aliphatic imine (C=N–C) groups is 1. The first kappa shape index (κ1) is 23.7. The third kappa shape index (κ3) is 4.93. The number of carbonyl (C=O) groups is 1. The number of methoxy groups -OCH3 is 1. The van der Waals surface area contributed by atoms with Crippen molar-refractivity contribution in [2.75, 3.05) is 13.7 Å². The maximum absolute atomic E-state index is 12.9. The van der Waals surface area contributed by atoms with Crippen molar-refractivity contribution < 1.29 is 19.0 Å². The van der Waals surface area contributed by atoms with E-state index in [0.29, 0.717) is 34.4 Å². The third-order valence-electron chi connectivity index (χ3n) is 5.20. The zero-order valence-corrected chi connectivity index (χ0v) is 21.5. The van der Waals surface area contributed by atoms with Gasteiger partial charge in [0.15, 0.2) is 16.7 Å². The SMILES string of the molecule is CCOC(=O)C1=C(C)N=C2SC=CN2[C@H]1c1cc(OC)c(OCc2ccc(Cl)cc2)cc1Br. The smallest absolute Gasteiger partial charge is 0.338 e. The quantitative estimate of drug-likeness (QED) is 0.370. The molecule has 4 rings (SSSR count). The molecule has 0 N–H and O–H groups in total. The zero-order valence-electron chi connectivity index (χ0n) is 18.3. The minimum atomic E-state index is -0.420. The van der Waals surface area contributed by atoms with Crippen molar-refractivity contribution >= 4 is 50.4 Å². The number of allylic oxidation sites excluding steroid dienone is 1. The molecule has 2 heterocycles. The third-order valence-corrected chi connectivity index (χ3v) is 6.91. The maximum atomic E-state index is 12.9. The largest absolute Gasteiger partial charge is 0.493 e. The van der Waals surface area contributed by atoms with E-state index in [1.165, 1.54) is 11.8 Å². The number of ether oxygens (including phenoxy) is 3. The normalized spacial score (nSPS) is 17.1. The molecule has 2 aromatic rings. The van der Waals surface area contributed by atoms with Crippen LogP contribution in [0.5, 0.6) is 11.5 Å². The Morgan fingerprint density at radius 1 is 1.24 bits per heavy atom. The first-order valence-corrected chi connectivity index (χ1v) is 12.3. The summed E-state index contributed by atoms with van der Waals surface area (Å²) < 4.78 is 17.8. The Labute approximate surface area is 210 Å². The van der Waals surface area contributed by atoms with Crippen molar-refractivity contribution in [1.29, 1.82) is 0 Å². The zero-order chi connectivity index (χ0) is 23.5. The van der Waals surface area contributed by atoms with E-state index in [1.54, 1.807) is 14.0 Å². The highest BCUT2D eigenvalue weighted by Crippen LogP contribution is 2.46. The fourth-order valence-corrected chi connectivity index (χ4v) is 5.11. The van der Waals surface area contributed by atoms with Crippen LogP contribution in [0.1, 0.15) is 31.0 Å². The predicted octanol–water partition coefficient (Wildman–Crippen LogP) is 6.46. The second-order valence-corrected chi connectivity index (χ2v) is 9.43.